The average Bonchev–Trinajstić information content (AvgIpc) is 3.58. The van der Waals surface area contributed by atoms with Crippen LogP contribution in [0.25, 0.3) is 54.9 Å². The standard InChI is InChI=1S/C51H35N/c1-3-14-39(15-4-1)51(40-16-5-2-6-17-40)49-22-12-11-21-46(49)47-32-31-42(34-50(47)51)52-41-29-27-36(28-30-41)35-23-25-37(26-24-35)48-33-38-13-7-8-18-43(38)44-19-9-10-20-45(44)48/h1-34,52H/i23D,24D,25D,26D,27D,28D,29D,30D. The fraction of sp³-hybridized carbons (Fsp3) is 0.0196. The van der Waals surface area contributed by atoms with E-state index in [-0.39, 0.29) is 34.5 Å². The third-order valence-corrected chi connectivity index (χ3v) is 10.3. The molecule has 9 aromatic carbocycles. The third-order valence-electron chi connectivity index (χ3n) is 10.3. The van der Waals surface area contributed by atoms with Crippen molar-refractivity contribution in [2.45, 2.75) is 5.41 Å². The van der Waals surface area contributed by atoms with Crippen LogP contribution in [0.3, 0.4) is 0 Å². The van der Waals surface area contributed by atoms with E-state index in [0.717, 1.165) is 54.9 Å². The van der Waals surface area contributed by atoms with Gasteiger partial charge in [0, 0.05) is 11.4 Å². The van der Waals surface area contributed by atoms with Gasteiger partial charge in [0.05, 0.1) is 16.4 Å². The molecule has 0 aliphatic heterocycles. The van der Waals surface area contributed by atoms with Crippen LogP contribution >= 0.6 is 0 Å². The minimum absolute atomic E-state index is 0.0660. The Bertz CT molecular complexity index is 3120. The highest BCUT2D eigenvalue weighted by molar-refractivity contribution is 6.13. The van der Waals surface area contributed by atoms with Crippen molar-refractivity contribution in [3.8, 4) is 33.4 Å². The van der Waals surface area contributed by atoms with E-state index in [1.807, 2.05) is 121 Å². The van der Waals surface area contributed by atoms with Gasteiger partial charge in [-0.2, -0.15) is 0 Å². The van der Waals surface area contributed by atoms with Crippen LogP contribution in [0.4, 0.5) is 11.4 Å². The highest BCUT2D eigenvalue weighted by Crippen LogP contribution is 2.56. The van der Waals surface area contributed by atoms with Gasteiger partial charge in [-0.3, -0.25) is 0 Å². The quantitative estimate of drug-likeness (QED) is 0.174. The Kier molecular flexibility index (Phi) is 5.40. The molecule has 244 valence electrons. The summed E-state index contributed by atoms with van der Waals surface area (Å²) in [5, 5.41) is 6.79. The first-order chi connectivity index (χ1) is 29.1. The van der Waals surface area contributed by atoms with Crippen LogP contribution in [0.15, 0.2) is 206 Å². The number of hydrogen-bond donors (Lipinski definition) is 1. The molecule has 1 nitrogen and oxygen atoms in total. The molecule has 0 radical (unpaired) electrons. The van der Waals surface area contributed by atoms with E-state index in [4.69, 9.17) is 0 Å². The van der Waals surface area contributed by atoms with Gasteiger partial charge < -0.3 is 5.32 Å². The fourth-order valence-corrected chi connectivity index (χ4v) is 8.00. The van der Waals surface area contributed by atoms with E-state index >= 15 is 0 Å². The summed E-state index contributed by atoms with van der Waals surface area (Å²) in [6, 6.07) is 49.0. The van der Waals surface area contributed by atoms with Gasteiger partial charge in [-0.15, -0.1) is 0 Å². The molecule has 52 heavy (non-hydrogen) atoms. The molecule has 10 rings (SSSR count). The topological polar surface area (TPSA) is 12.0 Å². The highest BCUT2D eigenvalue weighted by atomic mass is 14.9. The van der Waals surface area contributed by atoms with E-state index in [1.165, 1.54) is 0 Å². The van der Waals surface area contributed by atoms with Gasteiger partial charge >= 0.3 is 0 Å². The SMILES string of the molecule is [2H]c1c([2H])c(-c2c([2H])c([2H])c(-c3cc4ccccc4c4ccccc34)c([2H])c2[2H])c([2H])c([2H])c1Nc1ccc2c(c1)C(c1ccccc1)(c1ccccc1)c1ccccc1-2. The molecule has 0 bridgehead atoms. The van der Waals surface area contributed by atoms with Crippen molar-refractivity contribution in [3.05, 3.63) is 228 Å². The molecular formula is C51H35N. The van der Waals surface area contributed by atoms with Gasteiger partial charge in [-0.25, -0.2) is 0 Å². The van der Waals surface area contributed by atoms with Crippen LogP contribution in [-0.4, -0.2) is 0 Å². The molecule has 0 amide bonds. The van der Waals surface area contributed by atoms with E-state index in [1.54, 1.807) is 0 Å². The summed E-state index contributed by atoms with van der Waals surface area (Å²) in [4.78, 5) is 0. The Morgan fingerprint density at radius 2 is 0.904 bits per heavy atom. The fourth-order valence-electron chi connectivity index (χ4n) is 8.00. The van der Waals surface area contributed by atoms with Crippen LogP contribution in [0.2, 0.25) is 0 Å². The van der Waals surface area contributed by atoms with Gasteiger partial charge in [-0.05, 0) is 107 Å². The second kappa shape index (κ2) is 12.3. The maximum atomic E-state index is 9.23. The second-order valence-electron chi connectivity index (χ2n) is 13.1. The zero-order valence-corrected chi connectivity index (χ0v) is 28.0. The predicted octanol–water partition coefficient (Wildman–Crippen LogP) is 13.4. The molecule has 0 saturated carbocycles. The van der Waals surface area contributed by atoms with Crippen LogP contribution in [-0.2, 0) is 5.41 Å². The van der Waals surface area contributed by atoms with Crippen LogP contribution in [0, 0.1) is 0 Å². The number of fused-ring (bicyclic) bond motifs is 6. The first-order valence-electron chi connectivity index (χ1n) is 21.4. The molecule has 0 heterocycles. The third kappa shape index (κ3) is 4.78. The Labute approximate surface area is 315 Å². The molecule has 1 aliphatic rings. The Balaban J connectivity index is 1.11. The van der Waals surface area contributed by atoms with Crippen LogP contribution in [0.1, 0.15) is 33.2 Å². The summed E-state index contributed by atoms with van der Waals surface area (Å²) >= 11 is 0. The zero-order valence-electron chi connectivity index (χ0n) is 36.0. The van der Waals surface area contributed by atoms with Crippen molar-refractivity contribution in [2.24, 2.45) is 0 Å². The van der Waals surface area contributed by atoms with Gasteiger partial charge in [0.25, 0.3) is 0 Å². The lowest BCUT2D eigenvalue weighted by Gasteiger charge is -2.34. The van der Waals surface area contributed by atoms with Crippen molar-refractivity contribution >= 4 is 32.9 Å². The molecule has 0 spiro atoms. The van der Waals surface area contributed by atoms with Crippen molar-refractivity contribution in [3.63, 3.8) is 0 Å². The summed E-state index contributed by atoms with van der Waals surface area (Å²) in [6.45, 7) is 0. The molecule has 0 atom stereocenters. The Morgan fingerprint density at radius 3 is 1.62 bits per heavy atom. The van der Waals surface area contributed by atoms with E-state index < -0.39 is 41.7 Å². The number of rotatable bonds is 6. The molecule has 9 aromatic rings. The van der Waals surface area contributed by atoms with Gasteiger partial charge in [-0.1, -0.05) is 176 Å². The van der Waals surface area contributed by atoms with E-state index in [9.17, 15) is 11.0 Å². The van der Waals surface area contributed by atoms with E-state index in [0.29, 0.717) is 11.3 Å². The predicted molar refractivity (Wildman–Crippen MR) is 219 cm³/mol. The smallest absolute Gasteiger partial charge is 0.0714 e. The normalized spacial score (nSPS) is 14.9. The Hall–Kier alpha value is -6.70. The average molecular weight is 670 g/mol. The van der Waals surface area contributed by atoms with Gasteiger partial charge in [0.1, 0.15) is 0 Å². The maximum Gasteiger partial charge on any atom is 0.0714 e. The Morgan fingerprint density at radius 1 is 0.365 bits per heavy atom. The molecule has 1 heteroatoms. The van der Waals surface area contributed by atoms with Gasteiger partial charge in [0.2, 0.25) is 0 Å². The van der Waals surface area contributed by atoms with Crippen molar-refractivity contribution in [1.29, 1.82) is 0 Å². The van der Waals surface area contributed by atoms with Crippen molar-refractivity contribution in [1.82, 2.24) is 0 Å². The molecule has 1 N–H and O–H groups in total. The summed E-state index contributed by atoms with van der Waals surface area (Å²) in [7, 11) is 0. The molecular weight excluding hydrogens is 627 g/mol. The number of anilines is 2. The number of benzene rings is 9. The lowest BCUT2D eigenvalue weighted by molar-refractivity contribution is 0.769. The van der Waals surface area contributed by atoms with Crippen molar-refractivity contribution < 1.29 is 11.0 Å². The number of hydrogen-bond acceptors (Lipinski definition) is 1. The summed E-state index contributed by atoms with van der Waals surface area (Å²) in [6.07, 6.45) is 0. The highest BCUT2D eigenvalue weighted by Gasteiger charge is 2.46. The van der Waals surface area contributed by atoms with E-state index in [2.05, 4.69) is 41.7 Å². The summed E-state index contributed by atoms with van der Waals surface area (Å²) in [5.74, 6) is 0. The maximum absolute atomic E-state index is 9.23. The summed E-state index contributed by atoms with van der Waals surface area (Å²) < 4.78 is 73.7. The number of nitrogens with one attached hydrogen (secondary N) is 1. The lowest BCUT2D eigenvalue weighted by Crippen LogP contribution is -2.28. The molecule has 0 unspecified atom stereocenters. The van der Waals surface area contributed by atoms with Gasteiger partial charge in [0.15, 0.2) is 0 Å². The minimum Gasteiger partial charge on any atom is -0.356 e. The molecule has 0 saturated heterocycles. The zero-order chi connectivity index (χ0) is 41.4. The molecule has 0 aromatic heterocycles. The monoisotopic (exact) mass is 669 g/mol. The van der Waals surface area contributed by atoms with Crippen LogP contribution < -0.4 is 5.32 Å². The minimum atomic E-state index is -0.687. The van der Waals surface area contributed by atoms with Crippen molar-refractivity contribution in [2.75, 3.05) is 5.32 Å². The second-order valence-corrected chi connectivity index (χ2v) is 13.1. The summed E-state index contributed by atoms with van der Waals surface area (Å²) in [5.41, 5.74) is 6.29. The largest absolute Gasteiger partial charge is 0.356 e. The molecule has 1 aliphatic carbocycles. The lowest BCUT2D eigenvalue weighted by atomic mass is 9.67. The molecule has 0 fully saturated rings. The first-order valence-corrected chi connectivity index (χ1v) is 17.4. The van der Waals surface area contributed by atoms with Crippen LogP contribution in [0.5, 0.6) is 0 Å². The first kappa shape index (κ1) is 22.9.